The molecule has 0 radical (unpaired) electrons. The summed E-state index contributed by atoms with van der Waals surface area (Å²) in [6.07, 6.45) is 1.42. The molecule has 2 nitrogen and oxygen atoms in total. The Bertz CT molecular complexity index is 544. The van der Waals surface area contributed by atoms with E-state index in [0.717, 1.165) is 24.0 Å². The fourth-order valence-electron chi connectivity index (χ4n) is 2.16. The van der Waals surface area contributed by atoms with Gasteiger partial charge in [-0.25, -0.2) is 0 Å². The van der Waals surface area contributed by atoms with Crippen molar-refractivity contribution in [3.05, 3.63) is 47.5 Å². The molecule has 0 spiro atoms. The van der Waals surface area contributed by atoms with Gasteiger partial charge < -0.3 is 10.7 Å². The predicted molar refractivity (Wildman–Crippen MR) is 78.4 cm³/mol. The van der Waals surface area contributed by atoms with Crippen LogP contribution in [0.1, 0.15) is 25.0 Å². The fraction of sp³-hybridized carbons (Fsp3) is 0.312. The lowest BCUT2D eigenvalue weighted by atomic mass is 10.00. The molecule has 0 aliphatic carbocycles. The van der Waals surface area contributed by atoms with Gasteiger partial charge in [0.05, 0.1) is 0 Å². The zero-order chi connectivity index (χ0) is 13.0. The van der Waals surface area contributed by atoms with E-state index in [-0.39, 0.29) is 0 Å². The molecule has 94 valence electrons. The van der Waals surface area contributed by atoms with E-state index in [1.165, 1.54) is 17.2 Å². The van der Waals surface area contributed by atoms with Crippen molar-refractivity contribution in [3.63, 3.8) is 0 Å². The quantitative estimate of drug-likeness (QED) is 0.770. The highest BCUT2D eigenvalue weighted by Gasteiger charge is 2.04. The minimum atomic E-state index is 0.664. The van der Waals surface area contributed by atoms with Crippen LogP contribution in [-0.2, 0) is 6.54 Å². The van der Waals surface area contributed by atoms with Crippen molar-refractivity contribution < 1.29 is 0 Å². The van der Waals surface area contributed by atoms with E-state index >= 15 is 0 Å². The number of fused-ring (bicyclic) bond motifs is 1. The third-order valence-corrected chi connectivity index (χ3v) is 3.07. The molecule has 2 heteroatoms. The van der Waals surface area contributed by atoms with Crippen molar-refractivity contribution in [1.29, 1.82) is 5.41 Å². The molecule has 0 unspecified atom stereocenters. The molecule has 2 aromatic carbocycles. The number of benzene rings is 2. The molecular weight excluding hydrogens is 220 g/mol. The summed E-state index contributed by atoms with van der Waals surface area (Å²) in [6, 6.07) is 12.5. The highest BCUT2D eigenvalue weighted by Crippen LogP contribution is 2.21. The summed E-state index contributed by atoms with van der Waals surface area (Å²) >= 11 is 0. The van der Waals surface area contributed by atoms with Crippen LogP contribution in [0.2, 0.25) is 0 Å². The van der Waals surface area contributed by atoms with Crippen LogP contribution in [0, 0.1) is 11.3 Å². The van der Waals surface area contributed by atoms with Gasteiger partial charge in [-0.15, -0.1) is 0 Å². The lowest BCUT2D eigenvalue weighted by molar-refractivity contribution is 0.553. The Labute approximate surface area is 109 Å². The Hall–Kier alpha value is -1.67. The molecule has 0 amide bonds. The van der Waals surface area contributed by atoms with Crippen molar-refractivity contribution in [2.45, 2.75) is 20.4 Å². The lowest BCUT2D eigenvalue weighted by Gasteiger charge is -2.11. The normalized spacial score (nSPS) is 11.1. The van der Waals surface area contributed by atoms with Gasteiger partial charge in [-0.3, -0.25) is 0 Å². The Morgan fingerprint density at radius 1 is 1.11 bits per heavy atom. The molecule has 0 heterocycles. The van der Waals surface area contributed by atoms with E-state index in [2.05, 4.69) is 43.4 Å². The topological polar surface area (TPSA) is 35.9 Å². The van der Waals surface area contributed by atoms with Gasteiger partial charge in [-0.1, -0.05) is 50.2 Å². The summed E-state index contributed by atoms with van der Waals surface area (Å²) in [5.41, 5.74) is 2.29. The molecule has 0 aliphatic heterocycles. The molecule has 18 heavy (non-hydrogen) atoms. The van der Waals surface area contributed by atoms with Crippen molar-refractivity contribution in [3.8, 4) is 0 Å². The molecule has 2 N–H and O–H groups in total. The van der Waals surface area contributed by atoms with Gasteiger partial charge in [0.1, 0.15) is 0 Å². The second kappa shape index (κ2) is 5.78. The number of nitrogens with one attached hydrogen (secondary N) is 2. The largest absolute Gasteiger partial charge is 0.312 e. The molecule has 2 rings (SSSR count). The van der Waals surface area contributed by atoms with Crippen molar-refractivity contribution in [2.24, 2.45) is 5.92 Å². The summed E-state index contributed by atoms with van der Waals surface area (Å²) in [6.45, 7) is 6.34. The first kappa shape index (κ1) is 12.8. The zero-order valence-corrected chi connectivity index (χ0v) is 11.0. The van der Waals surface area contributed by atoms with Crippen LogP contribution in [0.5, 0.6) is 0 Å². The maximum Gasteiger partial charge on any atom is 0.0256 e. The van der Waals surface area contributed by atoms with Crippen LogP contribution >= 0.6 is 0 Å². The van der Waals surface area contributed by atoms with Gasteiger partial charge in [0.25, 0.3) is 0 Å². The maximum absolute atomic E-state index is 7.45. The van der Waals surface area contributed by atoms with Crippen LogP contribution < -0.4 is 5.32 Å². The Balaban J connectivity index is 2.31. The van der Waals surface area contributed by atoms with Crippen LogP contribution in [0.3, 0.4) is 0 Å². The standard InChI is InChI=1S/C16H20N2/c1-12(2)10-18-11-14-8-7-13(9-17)15-5-3-4-6-16(14)15/h3-9,12,17-18H,10-11H2,1-2H3. The van der Waals surface area contributed by atoms with E-state index in [4.69, 9.17) is 5.41 Å². The van der Waals surface area contributed by atoms with E-state index in [0.29, 0.717) is 5.92 Å². The first-order chi connectivity index (χ1) is 8.72. The lowest BCUT2D eigenvalue weighted by Crippen LogP contribution is -2.19. The van der Waals surface area contributed by atoms with Crippen molar-refractivity contribution >= 4 is 17.0 Å². The van der Waals surface area contributed by atoms with Crippen molar-refractivity contribution in [2.75, 3.05) is 6.54 Å². The average molecular weight is 240 g/mol. The van der Waals surface area contributed by atoms with Crippen LogP contribution in [-0.4, -0.2) is 12.8 Å². The zero-order valence-electron chi connectivity index (χ0n) is 11.0. The van der Waals surface area contributed by atoms with Crippen LogP contribution in [0.25, 0.3) is 10.8 Å². The van der Waals surface area contributed by atoms with E-state index in [9.17, 15) is 0 Å². The van der Waals surface area contributed by atoms with Gasteiger partial charge >= 0.3 is 0 Å². The van der Waals surface area contributed by atoms with E-state index in [1.807, 2.05) is 12.1 Å². The summed E-state index contributed by atoms with van der Waals surface area (Å²) in [5.74, 6) is 0.664. The Kier molecular flexibility index (Phi) is 4.11. The third-order valence-electron chi connectivity index (χ3n) is 3.07. The Morgan fingerprint density at radius 3 is 2.50 bits per heavy atom. The summed E-state index contributed by atoms with van der Waals surface area (Å²) in [7, 11) is 0. The van der Waals surface area contributed by atoms with Crippen molar-refractivity contribution in [1.82, 2.24) is 5.32 Å². The van der Waals surface area contributed by atoms with Gasteiger partial charge in [-0.05, 0) is 34.4 Å². The average Bonchev–Trinajstić information content (AvgIpc) is 2.38. The molecule has 0 aromatic heterocycles. The Morgan fingerprint density at radius 2 is 1.83 bits per heavy atom. The molecule has 0 aliphatic rings. The van der Waals surface area contributed by atoms with Gasteiger partial charge in [0.2, 0.25) is 0 Å². The highest BCUT2D eigenvalue weighted by molar-refractivity contribution is 6.00. The van der Waals surface area contributed by atoms with Gasteiger partial charge in [0.15, 0.2) is 0 Å². The molecule has 0 saturated carbocycles. The van der Waals surface area contributed by atoms with Crippen LogP contribution in [0.4, 0.5) is 0 Å². The third kappa shape index (κ3) is 2.77. The molecule has 0 atom stereocenters. The number of rotatable bonds is 5. The molecule has 0 saturated heterocycles. The smallest absolute Gasteiger partial charge is 0.0256 e. The number of hydrogen-bond donors (Lipinski definition) is 2. The second-order valence-electron chi connectivity index (χ2n) is 5.03. The minimum Gasteiger partial charge on any atom is -0.312 e. The van der Waals surface area contributed by atoms with Gasteiger partial charge in [-0.2, -0.15) is 0 Å². The first-order valence-electron chi connectivity index (χ1n) is 6.44. The first-order valence-corrected chi connectivity index (χ1v) is 6.44. The summed E-state index contributed by atoms with van der Waals surface area (Å²) in [5, 5.41) is 13.3. The van der Waals surface area contributed by atoms with E-state index in [1.54, 1.807) is 0 Å². The minimum absolute atomic E-state index is 0.664. The van der Waals surface area contributed by atoms with Gasteiger partial charge in [0, 0.05) is 12.8 Å². The summed E-state index contributed by atoms with van der Waals surface area (Å²) < 4.78 is 0. The molecular formula is C16H20N2. The number of hydrogen-bond acceptors (Lipinski definition) is 2. The second-order valence-corrected chi connectivity index (χ2v) is 5.03. The summed E-state index contributed by atoms with van der Waals surface area (Å²) in [4.78, 5) is 0. The monoisotopic (exact) mass is 240 g/mol. The highest BCUT2D eigenvalue weighted by atomic mass is 14.8. The molecule has 2 aromatic rings. The predicted octanol–water partition coefficient (Wildman–Crippen LogP) is 3.58. The molecule has 0 fully saturated rings. The SMILES string of the molecule is CC(C)CNCc1ccc(C=N)c2ccccc12. The van der Waals surface area contributed by atoms with E-state index < -0.39 is 0 Å². The van der Waals surface area contributed by atoms with Crippen LogP contribution in [0.15, 0.2) is 36.4 Å². The molecule has 0 bridgehead atoms. The fourth-order valence-corrected chi connectivity index (χ4v) is 2.16. The maximum atomic E-state index is 7.45.